The van der Waals surface area contributed by atoms with Gasteiger partial charge < -0.3 is 10.1 Å². The molecule has 4 nitrogen and oxygen atoms in total. The molecule has 5 rings (SSSR count). The zero-order valence-corrected chi connectivity index (χ0v) is 17.6. The van der Waals surface area contributed by atoms with Gasteiger partial charge in [0.1, 0.15) is 10.8 Å². The monoisotopic (exact) mass is 424 g/mol. The molecule has 0 fully saturated rings. The summed E-state index contributed by atoms with van der Waals surface area (Å²) in [7, 11) is 0. The highest BCUT2D eigenvalue weighted by atomic mass is 32.1. The zero-order chi connectivity index (χ0) is 21.0. The van der Waals surface area contributed by atoms with E-state index in [-0.39, 0.29) is 12.5 Å². The van der Waals surface area contributed by atoms with Gasteiger partial charge in [0.15, 0.2) is 6.61 Å². The van der Waals surface area contributed by atoms with Gasteiger partial charge in [0, 0.05) is 12.1 Å². The Labute approximate surface area is 184 Å². The zero-order valence-electron chi connectivity index (χ0n) is 16.7. The SMILES string of the molecule is O=C(COc1ccc2ccccc2c1)NCc1ccc(-c2nc3ccccc3s2)cc1. The van der Waals surface area contributed by atoms with Crippen molar-refractivity contribution in [3.63, 3.8) is 0 Å². The van der Waals surface area contributed by atoms with Crippen molar-refractivity contribution in [1.29, 1.82) is 0 Å². The maximum absolute atomic E-state index is 12.2. The number of carbonyl (C=O) groups is 1. The first kappa shape index (κ1) is 19.3. The highest BCUT2D eigenvalue weighted by molar-refractivity contribution is 7.21. The van der Waals surface area contributed by atoms with Crippen LogP contribution < -0.4 is 10.1 Å². The van der Waals surface area contributed by atoms with Crippen LogP contribution >= 0.6 is 11.3 Å². The van der Waals surface area contributed by atoms with E-state index < -0.39 is 0 Å². The molecule has 1 N–H and O–H groups in total. The number of hydrogen-bond donors (Lipinski definition) is 1. The summed E-state index contributed by atoms with van der Waals surface area (Å²) in [4.78, 5) is 16.9. The Bertz CT molecular complexity index is 1330. The fourth-order valence-corrected chi connectivity index (χ4v) is 4.39. The lowest BCUT2D eigenvalue weighted by Crippen LogP contribution is -2.28. The predicted molar refractivity (Wildman–Crippen MR) is 126 cm³/mol. The van der Waals surface area contributed by atoms with E-state index in [0.717, 1.165) is 32.4 Å². The third-order valence-corrected chi connectivity index (χ3v) is 6.16. The fraction of sp³-hybridized carbons (Fsp3) is 0.0769. The lowest BCUT2D eigenvalue weighted by Gasteiger charge is -2.09. The van der Waals surface area contributed by atoms with Crippen molar-refractivity contribution in [3.05, 3.63) is 96.6 Å². The summed E-state index contributed by atoms with van der Waals surface area (Å²) in [6.07, 6.45) is 0. The third kappa shape index (κ3) is 4.42. The quantitative estimate of drug-likeness (QED) is 0.374. The Balaban J connectivity index is 1.16. The van der Waals surface area contributed by atoms with E-state index in [2.05, 4.69) is 11.4 Å². The van der Waals surface area contributed by atoms with Crippen molar-refractivity contribution in [3.8, 4) is 16.3 Å². The highest BCUT2D eigenvalue weighted by Crippen LogP contribution is 2.30. The number of amides is 1. The second kappa shape index (κ2) is 8.58. The van der Waals surface area contributed by atoms with Crippen LogP contribution in [-0.4, -0.2) is 17.5 Å². The van der Waals surface area contributed by atoms with E-state index in [1.165, 1.54) is 4.70 Å². The topological polar surface area (TPSA) is 51.2 Å². The van der Waals surface area contributed by atoms with Gasteiger partial charge in [-0.3, -0.25) is 4.79 Å². The first-order valence-electron chi connectivity index (χ1n) is 10.1. The van der Waals surface area contributed by atoms with E-state index in [1.54, 1.807) is 11.3 Å². The molecule has 0 saturated carbocycles. The average Bonchev–Trinajstić information content (AvgIpc) is 3.26. The molecule has 0 aliphatic rings. The van der Waals surface area contributed by atoms with Crippen LogP contribution in [0.25, 0.3) is 31.6 Å². The fourth-order valence-electron chi connectivity index (χ4n) is 3.42. The minimum Gasteiger partial charge on any atom is -0.484 e. The summed E-state index contributed by atoms with van der Waals surface area (Å²) in [5.41, 5.74) is 3.13. The van der Waals surface area contributed by atoms with Crippen molar-refractivity contribution in [1.82, 2.24) is 10.3 Å². The number of thiazole rings is 1. The summed E-state index contributed by atoms with van der Waals surface area (Å²) in [6.45, 7) is 0.447. The molecule has 0 radical (unpaired) electrons. The molecule has 152 valence electrons. The summed E-state index contributed by atoms with van der Waals surface area (Å²) in [6, 6.07) is 30.2. The number of benzene rings is 4. The molecule has 5 aromatic rings. The van der Waals surface area contributed by atoms with Crippen LogP contribution in [0.1, 0.15) is 5.56 Å². The van der Waals surface area contributed by atoms with Gasteiger partial charge in [0.05, 0.1) is 10.2 Å². The van der Waals surface area contributed by atoms with Gasteiger partial charge in [-0.15, -0.1) is 11.3 Å². The molecule has 5 heteroatoms. The van der Waals surface area contributed by atoms with Crippen LogP contribution in [0.3, 0.4) is 0 Å². The smallest absolute Gasteiger partial charge is 0.258 e. The number of para-hydroxylation sites is 1. The molecule has 31 heavy (non-hydrogen) atoms. The Morgan fingerprint density at radius 3 is 2.48 bits per heavy atom. The van der Waals surface area contributed by atoms with E-state index >= 15 is 0 Å². The van der Waals surface area contributed by atoms with Gasteiger partial charge in [-0.25, -0.2) is 4.98 Å². The first-order chi connectivity index (χ1) is 15.2. The number of rotatable bonds is 6. The lowest BCUT2D eigenvalue weighted by atomic mass is 10.1. The molecule has 0 aliphatic carbocycles. The van der Waals surface area contributed by atoms with Gasteiger partial charge in [-0.2, -0.15) is 0 Å². The van der Waals surface area contributed by atoms with Crippen LogP contribution in [0.4, 0.5) is 0 Å². The molecule has 0 unspecified atom stereocenters. The normalized spacial score (nSPS) is 11.0. The molecule has 0 saturated heterocycles. The number of hydrogen-bond acceptors (Lipinski definition) is 4. The molecule has 0 aliphatic heterocycles. The second-order valence-electron chi connectivity index (χ2n) is 7.26. The molecule has 4 aromatic carbocycles. The highest BCUT2D eigenvalue weighted by Gasteiger charge is 2.07. The number of ether oxygens (including phenoxy) is 1. The summed E-state index contributed by atoms with van der Waals surface area (Å²) < 4.78 is 6.83. The van der Waals surface area contributed by atoms with E-state index in [4.69, 9.17) is 9.72 Å². The predicted octanol–water partition coefficient (Wildman–Crippen LogP) is 5.81. The Hall–Kier alpha value is -3.70. The Morgan fingerprint density at radius 2 is 1.65 bits per heavy atom. The minimum atomic E-state index is -0.150. The van der Waals surface area contributed by atoms with Gasteiger partial charge in [-0.1, -0.05) is 66.7 Å². The van der Waals surface area contributed by atoms with Crippen molar-refractivity contribution in [2.75, 3.05) is 6.61 Å². The van der Waals surface area contributed by atoms with Crippen LogP contribution in [0.2, 0.25) is 0 Å². The molecule has 1 aromatic heterocycles. The summed E-state index contributed by atoms with van der Waals surface area (Å²) in [5, 5.41) is 6.15. The average molecular weight is 425 g/mol. The summed E-state index contributed by atoms with van der Waals surface area (Å²) >= 11 is 1.68. The standard InChI is InChI=1S/C26H20N2O2S/c29-25(17-30-22-14-13-19-5-1-2-6-21(19)15-22)27-16-18-9-11-20(12-10-18)26-28-23-7-3-4-8-24(23)31-26/h1-15H,16-17H2,(H,27,29). The van der Waals surface area contributed by atoms with Crippen LogP contribution in [-0.2, 0) is 11.3 Å². The van der Waals surface area contributed by atoms with E-state index in [1.807, 2.05) is 84.9 Å². The van der Waals surface area contributed by atoms with Crippen molar-refractivity contribution >= 4 is 38.2 Å². The maximum atomic E-state index is 12.2. The minimum absolute atomic E-state index is 0.0118. The molecular weight excluding hydrogens is 404 g/mol. The van der Waals surface area contributed by atoms with Crippen molar-refractivity contribution in [2.24, 2.45) is 0 Å². The number of nitrogens with one attached hydrogen (secondary N) is 1. The van der Waals surface area contributed by atoms with Gasteiger partial charge >= 0.3 is 0 Å². The molecule has 0 spiro atoms. The first-order valence-corrected chi connectivity index (χ1v) is 10.9. The van der Waals surface area contributed by atoms with Crippen LogP contribution in [0, 0.1) is 0 Å². The maximum Gasteiger partial charge on any atom is 0.258 e. The molecule has 0 bridgehead atoms. The summed E-state index contributed by atoms with van der Waals surface area (Å²) in [5.74, 6) is 0.539. The lowest BCUT2D eigenvalue weighted by molar-refractivity contribution is -0.123. The Kier molecular flexibility index (Phi) is 5.33. The number of aromatic nitrogens is 1. The third-order valence-electron chi connectivity index (χ3n) is 5.08. The van der Waals surface area contributed by atoms with Crippen molar-refractivity contribution < 1.29 is 9.53 Å². The molecular formula is C26H20N2O2S. The molecule has 1 heterocycles. The van der Waals surface area contributed by atoms with Crippen LogP contribution in [0.5, 0.6) is 5.75 Å². The molecule has 0 atom stereocenters. The van der Waals surface area contributed by atoms with E-state index in [0.29, 0.717) is 12.3 Å². The van der Waals surface area contributed by atoms with Crippen LogP contribution in [0.15, 0.2) is 91.0 Å². The van der Waals surface area contributed by atoms with Gasteiger partial charge in [0.2, 0.25) is 0 Å². The van der Waals surface area contributed by atoms with Gasteiger partial charge in [-0.05, 0) is 40.6 Å². The number of fused-ring (bicyclic) bond motifs is 2. The van der Waals surface area contributed by atoms with Crippen molar-refractivity contribution in [2.45, 2.75) is 6.54 Å². The number of nitrogens with zero attached hydrogens (tertiary/aromatic N) is 1. The van der Waals surface area contributed by atoms with Gasteiger partial charge in [0.25, 0.3) is 5.91 Å². The van der Waals surface area contributed by atoms with E-state index in [9.17, 15) is 4.79 Å². The largest absolute Gasteiger partial charge is 0.484 e. The second-order valence-corrected chi connectivity index (χ2v) is 8.29. The Morgan fingerprint density at radius 1 is 0.871 bits per heavy atom. The molecule has 1 amide bonds. The number of carbonyl (C=O) groups excluding carboxylic acids is 1.